The van der Waals surface area contributed by atoms with Crippen molar-refractivity contribution in [2.75, 3.05) is 0 Å². The van der Waals surface area contributed by atoms with Gasteiger partial charge in [0, 0.05) is 12.0 Å². The first-order valence-corrected chi connectivity index (χ1v) is 4.28. The zero-order valence-electron chi connectivity index (χ0n) is 7.08. The molecule has 12 heavy (non-hydrogen) atoms. The van der Waals surface area contributed by atoms with Gasteiger partial charge in [-0.15, -0.1) is 0 Å². The van der Waals surface area contributed by atoms with E-state index in [1.807, 2.05) is 0 Å². The van der Waals surface area contributed by atoms with Crippen LogP contribution in [0.3, 0.4) is 0 Å². The number of carboxylic acid groups (broad SMARTS) is 1. The van der Waals surface area contributed by atoms with Gasteiger partial charge in [0.2, 0.25) is 0 Å². The van der Waals surface area contributed by atoms with Crippen LogP contribution >= 0.6 is 0 Å². The van der Waals surface area contributed by atoms with Crippen LogP contribution < -0.4 is 0 Å². The molecule has 2 nitrogen and oxygen atoms in total. The Bertz CT molecular complexity index is 286. The minimum Gasteiger partial charge on any atom is -0.478 e. The molecule has 1 unspecified atom stereocenters. The largest absolute Gasteiger partial charge is 0.478 e. The van der Waals surface area contributed by atoms with Gasteiger partial charge in [0.1, 0.15) is 0 Å². The average molecular weight is 164 g/mol. The summed E-state index contributed by atoms with van der Waals surface area (Å²) in [7, 11) is 0. The topological polar surface area (TPSA) is 37.3 Å². The number of hydrogen-bond donors (Lipinski definition) is 1. The highest BCUT2D eigenvalue weighted by molar-refractivity contribution is 5.81. The predicted octanol–water partition coefficient (Wildman–Crippen LogP) is 1.98. The van der Waals surface area contributed by atoms with Gasteiger partial charge in [0.25, 0.3) is 0 Å². The van der Waals surface area contributed by atoms with E-state index in [1.165, 1.54) is 11.6 Å². The Morgan fingerprint density at radius 3 is 3.08 bits per heavy atom. The van der Waals surface area contributed by atoms with Crippen LogP contribution in [0.25, 0.3) is 0 Å². The van der Waals surface area contributed by atoms with Crippen molar-refractivity contribution in [1.82, 2.24) is 0 Å². The first kappa shape index (κ1) is 7.59. The maximum Gasteiger partial charge on any atom is 0.328 e. The Morgan fingerprint density at radius 1 is 1.75 bits per heavy atom. The van der Waals surface area contributed by atoms with Gasteiger partial charge in [0.05, 0.1) is 0 Å². The van der Waals surface area contributed by atoms with E-state index >= 15 is 0 Å². The smallest absolute Gasteiger partial charge is 0.328 e. The molecule has 1 fully saturated rings. The van der Waals surface area contributed by atoms with Crippen LogP contribution in [-0.2, 0) is 4.79 Å². The van der Waals surface area contributed by atoms with E-state index in [-0.39, 0.29) is 0 Å². The van der Waals surface area contributed by atoms with Crippen molar-refractivity contribution < 1.29 is 9.90 Å². The van der Waals surface area contributed by atoms with Crippen LogP contribution in [0.5, 0.6) is 0 Å². The van der Waals surface area contributed by atoms with Crippen LogP contribution in [-0.4, -0.2) is 11.1 Å². The highest BCUT2D eigenvalue weighted by Gasteiger charge is 2.39. The molecular formula is C10H12O2. The number of carbonyl (C=O) groups is 1. The van der Waals surface area contributed by atoms with E-state index in [1.54, 1.807) is 0 Å². The van der Waals surface area contributed by atoms with Crippen LogP contribution in [0.15, 0.2) is 23.3 Å². The number of fused-ring (bicyclic) bond motifs is 1. The molecule has 2 heteroatoms. The molecule has 1 N–H and O–H groups in total. The Hall–Kier alpha value is -1.05. The van der Waals surface area contributed by atoms with Crippen molar-refractivity contribution in [3.8, 4) is 0 Å². The first-order chi connectivity index (χ1) is 5.68. The fraction of sp³-hybridized carbons (Fsp3) is 0.500. The predicted molar refractivity (Wildman–Crippen MR) is 45.7 cm³/mol. The van der Waals surface area contributed by atoms with Gasteiger partial charge >= 0.3 is 5.97 Å². The van der Waals surface area contributed by atoms with Crippen molar-refractivity contribution in [1.29, 1.82) is 0 Å². The van der Waals surface area contributed by atoms with Crippen LogP contribution in [0.4, 0.5) is 0 Å². The summed E-state index contributed by atoms with van der Waals surface area (Å²) >= 11 is 0. The summed E-state index contributed by atoms with van der Waals surface area (Å²) < 4.78 is 0. The van der Waals surface area contributed by atoms with E-state index in [2.05, 4.69) is 13.0 Å². The standard InChI is InChI=1S/C10H12O2/c1-6-2-3-7-4-8(10(6)7)5-9(11)12/h2,5,7,10H,3-4H2,1H3,(H,11,12)/t7?,10-/m0/s1. The van der Waals surface area contributed by atoms with Crippen molar-refractivity contribution >= 4 is 5.97 Å². The minimum atomic E-state index is -0.803. The number of carboxylic acids is 1. The number of hydrogen-bond acceptors (Lipinski definition) is 1. The molecule has 0 heterocycles. The molecule has 2 aliphatic carbocycles. The summed E-state index contributed by atoms with van der Waals surface area (Å²) in [4.78, 5) is 10.4. The molecule has 0 saturated heterocycles. The van der Waals surface area contributed by atoms with E-state index in [9.17, 15) is 4.79 Å². The molecule has 2 rings (SSSR count). The van der Waals surface area contributed by atoms with Gasteiger partial charge in [0.15, 0.2) is 0 Å². The molecule has 0 aromatic heterocycles. The van der Waals surface area contributed by atoms with Crippen LogP contribution in [0.1, 0.15) is 19.8 Å². The third-order valence-electron chi connectivity index (χ3n) is 2.91. The van der Waals surface area contributed by atoms with Crippen molar-refractivity contribution in [2.24, 2.45) is 11.8 Å². The molecule has 0 radical (unpaired) electrons. The summed E-state index contributed by atoms with van der Waals surface area (Å²) in [6.45, 7) is 2.10. The van der Waals surface area contributed by atoms with Crippen LogP contribution in [0.2, 0.25) is 0 Å². The van der Waals surface area contributed by atoms with Gasteiger partial charge in [-0.2, -0.15) is 0 Å². The van der Waals surface area contributed by atoms with E-state index in [0.717, 1.165) is 24.3 Å². The number of rotatable bonds is 1. The van der Waals surface area contributed by atoms with E-state index in [0.29, 0.717) is 5.92 Å². The maximum absolute atomic E-state index is 10.4. The molecule has 0 aromatic carbocycles. The van der Waals surface area contributed by atoms with Crippen LogP contribution in [0, 0.1) is 11.8 Å². The summed E-state index contributed by atoms with van der Waals surface area (Å²) in [6.07, 6.45) is 5.75. The number of aliphatic carboxylic acids is 1. The normalized spacial score (nSPS) is 35.8. The Labute approximate surface area is 71.6 Å². The molecule has 2 atom stereocenters. The third-order valence-corrected chi connectivity index (χ3v) is 2.91. The summed E-state index contributed by atoms with van der Waals surface area (Å²) in [6, 6.07) is 0. The quantitative estimate of drug-likeness (QED) is 0.475. The van der Waals surface area contributed by atoms with E-state index in [4.69, 9.17) is 5.11 Å². The van der Waals surface area contributed by atoms with Gasteiger partial charge in [-0.1, -0.05) is 17.2 Å². The van der Waals surface area contributed by atoms with E-state index < -0.39 is 5.97 Å². The Kier molecular flexibility index (Phi) is 1.56. The lowest BCUT2D eigenvalue weighted by Crippen LogP contribution is -2.26. The first-order valence-electron chi connectivity index (χ1n) is 4.28. The Morgan fingerprint density at radius 2 is 2.50 bits per heavy atom. The molecule has 0 spiro atoms. The van der Waals surface area contributed by atoms with Gasteiger partial charge in [-0.05, 0) is 25.7 Å². The Balaban J connectivity index is 2.16. The second-order valence-corrected chi connectivity index (χ2v) is 3.68. The zero-order chi connectivity index (χ0) is 8.72. The highest BCUT2D eigenvalue weighted by Crippen LogP contribution is 2.50. The molecule has 1 saturated carbocycles. The number of allylic oxidation sites excluding steroid dienone is 3. The van der Waals surface area contributed by atoms with Gasteiger partial charge < -0.3 is 5.11 Å². The summed E-state index contributed by atoms with van der Waals surface area (Å²) in [5, 5.41) is 8.56. The second-order valence-electron chi connectivity index (χ2n) is 3.68. The molecule has 64 valence electrons. The lowest BCUT2D eigenvalue weighted by molar-refractivity contribution is -0.131. The fourth-order valence-electron chi connectivity index (χ4n) is 2.34. The minimum absolute atomic E-state index is 0.473. The SMILES string of the molecule is CC1=CCC2CC(=CC(=O)O)[C@@H]12. The molecule has 0 aliphatic heterocycles. The van der Waals surface area contributed by atoms with Crippen molar-refractivity contribution in [3.05, 3.63) is 23.3 Å². The molecule has 0 bridgehead atoms. The fourth-order valence-corrected chi connectivity index (χ4v) is 2.34. The molecule has 0 aromatic rings. The average Bonchev–Trinajstić information content (AvgIpc) is 2.20. The molecular weight excluding hydrogens is 152 g/mol. The molecule has 2 aliphatic rings. The van der Waals surface area contributed by atoms with Gasteiger partial charge in [-0.25, -0.2) is 4.79 Å². The summed E-state index contributed by atoms with van der Waals surface area (Å²) in [5.41, 5.74) is 2.47. The van der Waals surface area contributed by atoms with Crippen molar-refractivity contribution in [3.63, 3.8) is 0 Å². The third kappa shape index (κ3) is 0.986. The zero-order valence-corrected chi connectivity index (χ0v) is 7.08. The highest BCUT2D eigenvalue weighted by atomic mass is 16.4. The molecule has 0 amide bonds. The second kappa shape index (κ2) is 2.47. The van der Waals surface area contributed by atoms with Crippen molar-refractivity contribution in [2.45, 2.75) is 19.8 Å². The van der Waals surface area contributed by atoms with Gasteiger partial charge in [-0.3, -0.25) is 0 Å². The maximum atomic E-state index is 10.4. The lowest BCUT2D eigenvalue weighted by Gasteiger charge is -2.35. The lowest BCUT2D eigenvalue weighted by atomic mass is 9.69. The monoisotopic (exact) mass is 164 g/mol. The summed E-state index contributed by atoms with van der Waals surface area (Å²) in [5.74, 6) is 0.389.